The molecule has 0 saturated carbocycles. The molecule has 1 aliphatic heterocycles. The number of amides is 1. The minimum Gasteiger partial charge on any atom is -0.367 e. The molecule has 1 saturated heterocycles. The van der Waals surface area contributed by atoms with E-state index in [1.807, 2.05) is 17.9 Å². The number of rotatable bonds is 5. The van der Waals surface area contributed by atoms with E-state index < -0.39 is 0 Å². The smallest absolute Gasteiger partial charge is 0.237 e. The second-order valence-corrected chi connectivity index (χ2v) is 5.18. The van der Waals surface area contributed by atoms with Crippen LogP contribution in [0.3, 0.4) is 0 Å². The van der Waals surface area contributed by atoms with Crippen molar-refractivity contribution in [2.24, 2.45) is 0 Å². The minimum atomic E-state index is -0.192. The van der Waals surface area contributed by atoms with E-state index in [0.717, 1.165) is 26.2 Å². The van der Waals surface area contributed by atoms with Gasteiger partial charge in [-0.3, -0.25) is 9.69 Å². The Balaban J connectivity index is 1.90. The van der Waals surface area contributed by atoms with Crippen molar-refractivity contribution in [3.8, 4) is 0 Å². The van der Waals surface area contributed by atoms with Crippen molar-refractivity contribution >= 4 is 11.6 Å². The monoisotopic (exact) mass is 291 g/mol. The maximum atomic E-state index is 13.8. The number of anilines is 1. The third kappa shape index (κ3) is 3.82. The van der Waals surface area contributed by atoms with Crippen molar-refractivity contribution in [1.82, 2.24) is 10.2 Å². The lowest BCUT2D eigenvalue weighted by Crippen LogP contribution is -2.54. The van der Waals surface area contributed by atoms with Gasteiger partial charge in [0.05, 0.1) is 11.7 Å². The Kier molecular flexibility index (Phi) is 5.33. The van der Waals surface area contributed by atoms with Gasteiger partial charge in [-0.05, 0) is 19.1 Å². The van der Waals surface area contributed by atoms with Crippen LogP contribution in [0.15, 0.2) is 36.9 Å². The number of nitrogens with zero attached hydrogens (tertiary/aromatic N) is 2. The zero-order chi connectivity index (χ0) is 15.2. The van der Waals surface area contributed by atoms with Crippen LogP contribution in [0.2, 0.25) is 0 Å². The maximum Gasteiger partial charge on any atom is 0.237 e. The van der Waals surface area contributed by atoms with Crippen LogP contribution in [-0.2, 0) is 4.79 Å². The molecular weight excluding hydrogens is 269 g/mol. The van der Waals surface area contributed by atoms with Crippen LogP contribution in [0.5, 0.6) is 0 Å². The fourth-order valence-corrected chi connectivity index (χ4v) is 2.54. The van der Waals surface area contributed by atoms with E-state index in [4.69, 9.17) is 0 Å². The van der Waals surface area contributed by atoms with Gasteiger partial charge < -0.3 is 10.2 Å². The average molecular weight is 291 g/mol. The summed E-state index contributed by atoms with van der Waals surface area (Å²) < 4.78 is 13.8. The van der Waals surface area contributed by atoms with Crippen LogP contribution in [0.1, 0.15) is 6.92 Å². The molecule has 1 heterocycles. The SMILES string of the molecule is C=CCNC(=O)C(C)N1CCN(c2ccccc2F)CC1. The van der Waals surface area contributed by atoms with Crippen molar-refractivity contribution in [3.63, 3.8) is 0 Å². The van der Waals surface area contributed by atoms with E-state index in [2.05, 4.69) is 16.8 Å². The summed E-state index contributed by atoms with van der Waals surface area (Å²) in [5.41, 5.74) is 0.640. The third-order valence-corrected chi connectivity index (χ3v) is 3.86. The normalized spacial score (nSPS) is 17.3. The standard InChI is InChI=1S/C16H22FN3O/c1-3-8-18-16(21)13(2)19-9-11-20(12-10-19)15-7-5-4-6-14(15)17/h3-7,13H,1,8-12H2,2H3,(H,18,21). The second-order valence-electron chi connectivity index (χ2n) is 5.18. The highest BCUT2D eigenvalue weighted by Gasteiger charge is 2.26. The number of hydrogen-bond acceptors (Lipinski definition) is 3. The summed E-state index contributed by atoms with van der Waals surface area (Å²) in [5.74, 6) is -0.183. The molecule has 0 aliphatic carbocycles. The quantitative estimate of drug-likeness (QED) is 0.838. The molecule has 1 aromatic rings. The van der Waals surface area contributed by atoms with Gasteiger partial charge in [-0.1, -0.05) is 18.2 Å². The second kappa shape index (κ2) is 7.22. The summed E-state index contributed by atoms with van der Waals surface area (Å²) in [4.78, 5) is 16.1. The zero-order valence-electron chi connectivity index (χ0n) is 12.4. The van der Waals surface area contributed by atoms with Crippen LogP contribution < -0.4 is 10.2 Å². The van der Waals surface area contributed by atoms with Gasteiger partial charge in [-0.15, -0.1) is 6.58 Å². The Hall–Kier alpha value is -1.88. The van der Waals surface area contributed by atoms with Gasteiger partial charge in [0.25, 0.3) is 0 Å². The average Bonchev–Trinajstić information content (AvgIpc) is 2.52. The Morgan fingerprint density at radius 3 is 2.67 bits per heavy atom. The van der Waals surface area contributed by atoms with E-state index in [0.29, 0.717) is 12.2 Å². The summed E-state index contributed by atoms with van der Waals surface area (Å²) in [7, 11) is 0. The molecule has 21 heavy (non-hydrogen) atoms. The lowest BCUT2D eigenvalue weighted by Gasteiger charge is -2.38. The van der Waals surface area contributed by atoms with Gasteiger partial charge in [0.2, 0.25) is 5.91 Å². The number of para-hydroxylation sites is 1. The molecule has 1 atom stereocenters. The van der Waals surface area contributed by atoms with E-state index >= 15 is 0 Å². The van der Waals surface area contributed by atoms with Gasteiger partial charge in [0.15, 0.2) is 0 Å². The largest absolute Gasteiger partial charge is 0.367 e. The van der Waals surface area contributed by atoms with Gasteiger partial charge >= 0.3 is 0 Å². The fourth-order valence-electron chi connectivity index (χ4n) is 2.54. The summed E-state index contributed by atoms with van der Waals surface area (Å²) in [6, 6.07) is 6.64. The third-order valence-electron chi connectivity index (χ3n) is 3.86. The molecule has 1 aliphatic rings. The van der Waals surface area contributed by atoms with E-state index in [1.165, 1.54) is 6.07 Å². The summed E-state index contributed by atoms with van der Waals surface area (Å²) in [6.07, 6.45) is 1.67. The van der Waals surface area contributed by atoms with Crippen LogP contribution in [-0.4, -0.2) is 49.6 Å². The Bertz CT molecular complexity index is 498. The number of hydrogen-bond donors (Lipinski definition) is 1. The molecule has 114 valence electrons. The molecule has 0 bridgehead atoms. The van der Waals surface area contributed by atoms with Crippen LogP contribution >= 0.6 is 0 Å². The number of halogens is 1. The number of carbonyl (C=O) groups is 1. The van der Waals surface area contributed by atoms with Crippen molar-refractivity contribution in [2.45, 2.75) is 13.0 Å². The first-order valence-corrected chi connectivity index (χ1v) is 7.25. The molecular formula is C16H22FN3O. The molecule has 5 heteroatoms. The Morgan fingerprint density at radius 1 is 1.38 bits per heavy atom. The minimum absolute atomic E-state index is 0.00856. The van der Waals surface area contributed by atoms with Crippen LogP contribution in [0, 0.1) is 5.82 Å². The first kappa shape index (κ1) is 15.5. The van der Waals surface area contributed by atoms with Crippen molar-refractivity contribution < 1.29 is 9.18 Å². The predicted molar refractivity (Wildman–Crippen MR) is 82.9 cm³/mol. The molecule has 0 radical (unpaired) electrons. The predicted octanol–water partition coefficient (Wildman–Crippen LogP) is 1.64. The first-order chi connectivity index (χ1) is 10.1. The molecule has 1 N–H and O–H groups in total. The number of nitrogens with one attached hydrogen (secondary N) is 1. The molecule has 1 amide bonds. The topological polar surface area (TPSA) is 35.6 Å². The van der Waals surface area contributed by atoms with Crippen LogP contribution in [0.4, 0.5) is 10.1 Å². The van der Waals surface area contributed by atoms with Crippen molar-refractivity contribution in [2.75, 3.05) is 37.6 Å². The van der Waals surface area contributed by atoms with Gasteiger partial charge in [-0.25, -0.2) is 4.39 Å². The molecule has 1 fully saturated rings. The highest BCUT2D eigenvalue weighted by molar-refractivity contribution is 5.81. The molecule has 0 spiro atoms. The Morgan fingerprint density at radius 2 is 2.05 bits per heavy atom. The highest BCUT2D eigenvalue weighted by Crippen LogP contribution is 2.20. The Labute approximate surface area is 125 Å². The lowest BCUT2D eigenvalue weighted by atomic mass is 10.2. The summed E-state index contributed by atoms with van der Waals surface area (Å²) in [6.45, 7) is 8.91. The first-order valence-electron chi connectivity index (χ1n) is 7.25. The highest BCUT2D eigenvalue weighted by atomic mass is 19.1. The molecule has 2 rings (SSSR count). The number of carbonyl (C=O) groups excluding carboxylic acids is 1. The molecule has 0 aromatic heterocycles. The van der Waals surface area contributed by atoms with E-state index in [-0.39, 0.29) is 17.8 Å². The summed E-state index contributed by atoms with van der Waals surface area (Å²) >= 11 is 0. The lowest BCUT2D eigenvalue weighted by molar-refractivity contribution is -0.125. The fraction of sp³-hybridized carbons (Fsp3) is 0.438. The summed E-state index contributed by atoms with van der Waals surface area (Å²) in [5, 5.41) is 2.81. The van der Waals surface area contributed by atoms with Gasteiger partial charge in [0.1, 0.15) is 5.82 Å². The van der Waals surface area contributed by atoms with Gasteiger partial charge in [0, 0.05) is 32.7 Å². The molecule has 1 unspecified atom stereocenters. The van der Waals surface area contributed by atoms with Gasteiger partial charge in [-0.2, -0.15) is 0 Å². The number of benzene rings is 1. The molecule has 4 nitrogen and oxygen atoms in total. The van der Waals surface area contributed by atoms with Crippen molar-refractivity contribution in [3.05, 3.63) is 42.7 Å². The van der Waals surface area contributed by atoms with E-state index in [9.17, 15) is 9.18 Å². The number of piperazine rings is 1. The zero-order valence-corrected chi connectivity index (χ0v) is 12.4. The molecule has 1 aromatic carbocycles. The van der Waals surface area contributed by atoms with Crippen LogP contribution in [0.25, 0.3) is 0 Å². The van der Waals surface area contributed by atoms with Crippen molar-refractivity contribution in [1.29, 1.82) is 0 Å². The maximum absolute atomic E-state index is 13.8. The van der Waals surface area contributed by atoms with E-state index in [1.54, 1.807) is 18.2 Å².